The van der Waals surface area contributed by atoms with Gasteiger partial charge < -0.3 is 33.9 Å². The Labute approximate surface area is 179 Å². The first kappa shape index (κ1) is 20.8. The molecule has 2 aromatic carbocycles. The van der Waals surface area contributed by atoms with Crippen molar-refractivity contribution in [2.75, 3.05) is 64.0 Å². The molecule has 2 aliphatic heterocycles. The molecule has 0 unspecified atom stereocenters. The van der Waals surface area contributed by atoms with E-state index in [2.05, 4.69) is 10.2 Å². The molecule has 1 amide bonds. The molecule has 31 heavy (non-hydrogen) atoms. The lowest BCUT2D eigenvalue weighted by atomic mass is 10.1. The van der Waals surface area contributed by atoms with Crippen LogP contribution in [0, 0.1) is 0 Å². The Hall–Kier alpha value is -3.46. The fourth-order valence-electron chi connectivity index (χ4n) is 3.54. The highest BCUT2D eigenvalue weighted by Gasteiger charge is 2.23. The molecule has 9 nitrogen and oxygen atoms in total. The number of nitrogens with one attached hydrogen (secondary N) is 1. The molecular formula is C22H24N2O7. The van der Waals surface area contributed by atoms with Crippen molar-refractivity contribution in [2.45, 2.75) is 0 Å². The van der Waals surface area contributed by atoms with Crippen LogP contribution in [0.15, 0.2) is 30.3 Å². The van der Waals surface area contributed by atoms with Crippen molar-refractivity contribution >= 4 is 23.3 Å². The van der Waals surface area contributed by atoms with Crippen LogP contribution in [0.4, 0.5) is 11.4 Å². The van der Waals surface area contributed by atoms with E-state index in [9.17, 15) is 9.59 Å². The molecular weight excluding hydrogens is 404 g/mol. The van der Waals surface area contributed by atoms with E-state index in [4.69, 9.17) is 23.7 Å². The summed E-state index contributed by atoms with van der Waals surface area (Å²) < 4.78 is 26.8. The smallest absolute Gasteiger partial charge is 0.340 e. The Morgan fingerprint density at radius 1 is 1.00 bits per heavy atom. The standard InChI is InChI=1S/C22H24N2O7/c1-27-18-11-14(12-19-20(18)31-10-9-30-19)21(25)23-17-4-3-15(13-16(17)22(26)28-2)24-5-7-29-8-6-24/h3-4,11-13H,5-10H2,1-2H3,(H,23,25). The number of rotatable bonds is 5. The lowest BCUT2D eigenvalue weighted by Gasteiger charge is -2.29. The topological polar surface area (TPSA) is 95.6 Å². The molecule has 1 N–H and O–H groups in total. The van der Waals surface area contributed by atoms with Gasteiger partial charge in [-0.3, -0.25) is 4.79 Å². The molecule has 164 valence electrons. The van der Waals surface area contributed by atoms with E-state index in [0.29, 0.717) is 54.9 Å². The van der Waals surface area contributed by atoms with Crippen LogP contribution in [0.5, 0.6) is 17.2 Å². The van der Waals surface area contributed by atoms with Gasteiger partial charge in [-0.05, 0) is 30.3 Å². The van der Waals surface area contributed by atoms with E-state index in [1.54, 1.807) is 24.3 Å². The molecule has 2 heterocycles. The first-order valence-electron chi connectivity index (χ1n) is 9.94. The van der Waals surface area contributed by atoms with Gasteiger partial charge in [0.2, 0.25) is 5.75 Å². The predicted octanol–water partition coefficient (Wildman–Crippen LogP) is 2.34. The molecule has 0 bridgehead atoms. The van der Waals surface area contributed by atoms with Crippen LogP contribution in [0.25, 0.3) is 0 Å². The third-order valence-electron chi connectivity index (χ3n) is 5.12. The average Bonchev–Trinajstić information content (AvgIpc) is 2.83. The van der Waals surface area contributed by atoms with Crippen LogP contribution in [0.3, 0.4) is 0 Å². The second kappa shape index (κ2) is 9.13. The van der Waals surface area contributed by atoms with Gasteiger partial charge in [0, 0.05) is 24.3 Å². The number of hydrogen-bond donors (Lipinski definition) is 1. The van der Waals surface area contributed by atoms with Crippen LogP contribution in [-0.2, 0) is 9.47 Å². The fraction of sp³-hybridized carbons (Fsp3) is 0.364. The summed E-state index contributed by atoms with van der Waals surface area (Å²) in [5, 5.41) is 2.80. The summed E-state index contributed by atoms with van der Waals surface area (Å²) in [6.07, 6.45) is 0. The van der Waals surface area contributed by atoms with Crippen molar-refractivity contribution in [1.29, 1.82) is 0 Å². The largest absolute Gasteiger partial charge is 0.493 e. The summed E-state index contributed by atoms with van der Waals surface area (Å²) in [5.74, 6) is 0.352. The van der Waals surface area contributed by atoms with Gasteiger partial charge in [-0.25, -0.2) is 4.79 Å². The summed E-state index contributed by atoms with van der Waals surface area (Å²) in [5.41, 5.74) is 1.80. The number of amides is 1. The zero-order chi connectivity index (χ0) is 21.8. The number of fused-ring (bicyclic) bond motifs is 1. The minimum Gasteiger partial charge on any atom is -0.493 e. The normalized spacial score (nSPS) is 15.2. The van der Waals surface area contributed by atoms with Crippen LogP contribution in [0.1, 0.15) is 20.7 Å². The quantitative estimate of drug-likeness (QED) is 0.725. The van der Waals surface area contributed by atoms with Crippen LogP contribution in [-0.4, -0.2) is 65.6 Å². The fourth-order valence-corrected chi connectivity index (χ4v) is 3.54. The number of methoxy groups -OCH3 is 2. The number of carbonyl (C=O) groups excluding carboxylic acids is 2. The summed E-state index contributed by atoms with van der Waals surface area (Å²) in [6.45, 7) is 3.49. The van der Waals surface area contributed by atoms with E-state index in [1.807, 2.05) is 6.07 Å². The molecule has 0 saturated carbocycles. The summed E-state index contributed by atoms with van der Waals surface area (Å²) >= 11 is 0. The molecule has 2 aromatic rings. The van der Waals surface area contributed by atoms with Crippen molar-refractivity contribution in [3.05, 3.63) is 41.5 Å². The molecule has 1 fully saturated rings. The van der Waals surface area contributed by atoms with Crippen LogP contribution < -0.4 is 24.4 Å². The average molecular weight is 428 g/mol. The van der Waals surface area contributed by atoms with Crippen LogP contribution >= 0.6 is 0 Å². The second-order valence-electron chi connectivity index (χ2n) is 6.98. The number of anilines is 2. The number of morpholine rings is 1. The Morgan fingerprint density at radius 3 is 2.52 bits per heavy atom. The molecule has 0 radical (unpaired) electrons. The highest BCUT2D eigenvalue weighted by molar-refractivity contribution is 6.09. The Balaban J connectivity index is 1.62. The highest BCUT2D eigenvalue weighted by atomic mass is 16.6. The monoisotopic (exact) mass is 428 g/mol. The van der Waals surface area contributed by atoms with E-state index >= 15 is 0 Å². The molecule has 0 aliphatic carbocycles. The van der Waals surface area contributed by atoms with Crippen molar-refractivity contribution in [1.82, 2.24) is 0 Å². The van der Waals surface area contributed by atoms with Gasteiger partial charge in [0.1, 0.15) is 13.2 Å². The molecule has 0 spiro atoms. The predicted molar refractivity (Wildman–Crippen MR) is 113 cm³/mol. The maximum Gasteiger partial charge on any atom is 0.340 e. The van der Waals surface area contributed by atoms with E-state index in [1.165, 1.54) is 14.2 Å². The number of hydrogen-bond acceptors (Lipinski definition) is 8. The van der Waals surface area contributed by atoms with Crippen molar-refractivity contribution < 1.29 is 33.3 Å². The Morgan fingerprint density at radius 2 is 1.77 bits per heavy atom. The van der Waals surface area contributed by atoms with Crippen molar-refractivity contribution in [3.63, 3.8) is 0 Å². The highest BCUT2D eigenvalue weighted by Crippen LogP contribution is 2.40. The maximum absolute atomic E-state index is 13.0. The number of ether oxygens (including phenoxy) is 5. The summed E-state index contributed by atoms with van der Waals surface area (Å²) in [4.78, 5) is 27.5. The van der Waals surface area contributed by atoms with Crippen molar-refractivity contribution in [2.24, 2.45) is 0 Å². The number of esters is 1. The molecule has 9 heteroatoms. The number of carbonyl (C=O) groups is 2. The Bertz CT molecular complexity index is 969. The third-order valence-corrected chi connectivity index (χ3v) is 5.12. The van der Waals surface area contributed by atoms with Gasteiger partial charge in [-0.2, -0.15) is 0 Å². The van der Waals surface area contributed by atoms with Gasteiger partial charge in [-0.15, -0.1) is 0 Å². The van der Waals surface area contributed by atoms with Crippen LogP contribution in [0.2, 0.25) is 0 Å². The van der Waals surface area contributed by atoms with Crippen molar-refractivity contribution in [3.8, 4) is 17.2 Å². The minimum absolute atomic E-state index is 0.268. The first-order chi connectivity index (χ1) is 15.1. The number of nitrogens with zero attached hydrogens (tertiary/aromatic N) is 1. The SMILES string of the molecule is COC(=O)c1cc(N2CCOCC2)ccc1NC(=O)c1cc(OC)c2c(c1)OCCO2. The zero-order valence-electron chi connectivity index (χ0n) is 17.4. The molecule has 0 aromatic heterocycles. The molecule has 2 aliphatic rings. The summed E-state index contributed by atoms with van der Waals surface area (Å²) in [6, 6.07) is 8.44. The van der Waals surface area contributed by atoms with E-state index in [0.717, 1.165) is 18.8 Å². The van der Waals surface area contributed by atoms with Gasteiger partial charge in [-0.1, -0.05) is 0 Å². The lowest BCUT2D eigenvalue weighted by molar-refractivity contribution is 0.0602. The zero-order valence-corrected chi connectivity index (χ0v) is 17.4. The second-order valence-corrected chi connectivity index (χ2v) is 6.98. The van der Waals surface area contributed by atoms with E-state index in [-0.39, 0.29) is 5.56 Å². The molecule has 0 atom stereocenters. The molecule has 4 rings (SSSR count). The minimum atomic E-state index is -0.537. The number of benzene rings is 2. The molecule has 1 saturated heterocycles. The van der Waals surface area contributed by atoms with Gasteiger partial charge >= 0.3 is 5.97 Å². The lowest BCUT2D eigenvalue weighted by Crippen LogP contribution is -2.36. The first-order valence-corrected chi connectivity index (χ1v) is 9.94. The maximum atomic E-state index is 13.0. The Kier molecular flexibility index (Phi) is 6.13. The van der Waals surface area contributed by atoms with Gasteiger partial charge in [0.05, 0.1) is 38.7 Å². The van der Waals surface area contributed by atoms with Gasteiger partial charge in [0.15, 0.2) is 11.5 Å². The third kappa shape index (κ3) is 4.36. The van der Waals surface area contributed by atoms with Gasteiger partial charge in [0.25, 0.3) is 5.91 Å². The summed E-state index contributed by atoms with van der Waals surface area (Å²) in [7, 11) is 2.80. The van der Waals surface area contributed by atoms with E-state index < -0.39 is 11.9 Å².